The van der Waals surface area contributed by atoms with E-state index in [1.807, 2.05) is 18.2 Å². The van der Waals surface area contributed by atoms with Crippen molar-refractivity contribution >= 4 is 5.97 Å². The minimum absolute atomic E-state index is 0.0304. The Bertz CT molecular complexity index is 421. The van der Waals surface area contributed by atoms with Crippen molar-refractivity contribution in [3.8, 4) is 11.5 Å². The molecule has 0 saturated heterocycles. The molecular weight excluding hydrogens is 250 g/mol. The molecule has 0 radical (unpaired) electrons. The van der Waals surface area contributed by atoms with Gasteiger partial charge in [-0.1, -0.05) is 6.07 Å². The summed E-state index contributed by atoms with van der Waals surface area (Å²) in [6.07, 6.45) is -0.669. The van der Waals surface area contributed by atoms with Crippen molar-refractivity contribution in [2.75, 3.05) is 27.3 Å². The van der Waals surface area contributed by atoms with Gasteiger partial charge in [-0.15, -0.1) is 0 Å². The van der Waals surface area contributed by atoms with Gasteiger partial charge in [-0.3, -0.25) is 0 Å². The largest absolute Gasteiger partial charge is 0.493 e. The van der Waals surface area contributed by atoms with E-state index in [2.05, 4.69) is 5.32 Å². The summed E-state index contributed by atoms with van der Waals surface area (Å²) in [5, 5.41) is 20.5. The molecule has 6 nitrogen and oxygen atoms in total. The van der Waals surface area contributed by atoms with E-state index in [1.165, 1.54) is 0 Å². The number of ether oxygens (including phenoxy) is 2. The Balaban J connectivity index is 2.43. The number of carboxylic acids is 1. The monoisotopic (exact) mass is 269 g/mol. The summed E-state index contributed by atoms with van der Waals surface area (Å²) < 4.78 is 10.3. The SMILES string of the molecule is COc1ccc(CCNC[C@@H](O)C(=O)O)cc1OC. The van der Waals surface area contributed by atoms with E-state index in [0.717, 1.165) is 5.56 Å². The molecule has 0 aromatic heterocycles. The highest BCUT2D eigenvalue weighted by molar-refractivity contribution is 5.72. The lowest BCUT2D eigenvalue weighted by Gasteiger charge is -2.10. The second kappa shape index (κ2) is 7.60. The predicted octanol–water partition coefficient (Wildman–Crippen LogP) is 0.281. The summed E-state index contributed by atoms with van der Waals surface area (Å²) in [4.78, 5) is 10.4. The first-order chi connectivity index (χ1) is 9.08. The maximum absolute atomic E-state index is 10.4. The van der Waals surface area contributed by atoms with Crippen molar-refractivity contribution in [2.24, 2.45) is 0 Å². The lowest BCUT2D eigenvalue weighted by atomic mass is 10.1. The molecule has 0 fully saturated rings. The molecule has 0 bridgehead atoms. The van der Waals surface area contributed by atoms with E-state index in [0.29, 0.717) is 24.5 Å². The number of hydrogen-bond donors (Lipinski definition) is 3. The van der Waals surface area contributed by atoms with Crippen molar-refractivity contribution in [1.29, 1.82) is 0 Å². The van der Waals surface area contributed by atoms with Crippen LogP contribution in [0.2, 0.25) is 0 Å². The average Bonchev–Trinajstić information content (AvgIpc) is 2.42. The number of benzene rings is 1. The second-order valence-corrected chi connectivity index (χ2v) is 4.00. The zero-order valence-corrected chi connectivity index (χ0v) is 11.0. The summed E-state index contributed by atoms with van der Waals surface area (Å²) in [6, 6.07) is 5.60. The third kappa shape index (κ3) is 4.76. The molecule has 106 valence electrons. The Kier molecular flexibility index (Phi) is 6.11. The van der Waals surface area contributed by atoms with E-state index in [4.69, 9.17) is 19.7 Å². The topological polar surface area (TPSA) is 88.0 Å². The lowest BCUT2D eigenvalue weighted by molar-refractivity contribution is -0.146. The normalized spacial score (nSPS) is 11.9. The molecule has 0 aliphatic rings. The van der Waals surface area contributed by atoms with Crippen LogP contribution in [0.15, 0.2) is 18.2 Å². The number of carbonyl (C=O) groups is 1. The summed E-state index contributed by atoms with van der Waals surface area (Å²) >= 11 is 0. The molecule has 0 amide bonds. The molecule has 0 heterocycles. The Morgan fingerprint density at radius 2 is 2.00 bits per heavy atom. The number of methoxy groups -OCH3 is 2. The number of aliphatic carboxylic acids is 1. The Morgan fingerprint density at radius 1 is 1.32 bits per heavy atom. The van der Waals surface area contributed by atoms with Gasteiger partial charge in [0.25, 0.3) is 0 Å². The van der Waals surface area contributed by atoms with Gasteiger partial charge >= 0.3 is 5.97 Å². The molecule has 0 aliphatic carbocycles. The molecule has 0 spiro atoms. The fraction of sp³-hybridized carbons (Fsp3) is 0.462. The van der Waals surface area contributed by atoms with E-state index < -0.39 is 12.1 Å². The standard InChI is InChI=1S/C13H19NO5/c1-18-11-4-3-9(7-12(11)19-2)5-6-14-8-10(15)13(16)17/h3-4,7,10,14-15H,5-6,8H2,1-2H3,(H,16,17)/t10-/m1/s1. The maximum atomic E-state index is 10.4. The van der Waals surface area contributed by atoms with E-state index in [9.17, 15) is 4.79 Å². The van der Waals surface area contributed by atoms with Gasteiger partial charge in [-0.05, 0) is 30.7 Å². The van der Waals surface area contributed by atoms with Crippen LogP contribution in [0.4, 0.5) is 0 Å². The summed E-state index contributed by atoms with van der Waals surface area (Å²) in [5.74, 6) is 0.102. The Morgan fingerprint density at radius 3 is 2.58 bits per heavy atom. The van der Waals surface area contributed by atoms with E-state index in [1.54, 1.807) is 14.2 Å². The van der Waals surface area contributed by atoms with Crippen LogP contribution < -0.4 is 14.8 Å². The smallest absolute Gasteiger partial charge is 0.333 e. The van der Waals surface area contributed by atoms with Gasteiger partial charge in [-0.2, -0.15) is 0 Å². The van der Waals surface area contributed by atoms with E-state index in [-0.39, 0.29) is 6.54 Å². The number of rotatable bonds is 8. The minimum atomic E-state index is -1.37. The Labute approximate surface area is 112 Å². The van der Waals surface area contributed by atoms with Crippen molar-refractivity contribution < 1.29 is 24.5 Å². The zero-order chi connectivity index (χ0) is 14.3. The van der Waals surface area contributed by atoms with Crippen LogP contribution in [0.1, 0.15) is 5.56 Å². The molecule has 0 aliphatic heterocycles. The van der Waals surface area contributed by atoms with Crippen molar-refractivity contribution in [1.82, 2.24) is 5.32 Å². The van der Waals surface area contributed by atoms with Crippen LogP contribution in [-0.4, -0.2) is 49.6 Å². The van der Waals surface area contributed by atoms with Crippen molar-refractivity contribution in [3.63, 3.8) is 0 Å². The van der Waals surface area contributed by atoms with Gasteiger partial charge in [0.05, 0.1) is 14.2 Å². The third-order valence-electron chi connectivity index (χ3n) is 2.66. The molecule has 1 aromatic carbocycles. The van der Waals surface area contributed by atoms with Gasteiger partial charge in [0.1, 0.15) is 0 Å². The highest BCUT2D eigenvalue weighted by Crippen LogP contribution is 2.27. The first kappa shape index (κ1) is 15.3. The van der Waals surface area contributed by atoms with Crippen molar-refractivity contribution in [2.45, 2.75) is 12.5 Å². The zero-order valence-electron chi connectivity index (χ0n) is 11.0. The van der Waals surface area contributed by atoms with Crippen LogP contribution in [0.5, 0.6) is 11.5 Å². The van der Waals surface area contributed by atoms with Gasteiger partial charge in [0, 0.05) is 6.54 Å². The molecular formula is C13H19NO5. The molecule has 1 rings (SSSR count). The predicted molar refractivity (Wildman–Crippen MR) is 69.8 cm³/mol. The van der Waals surface area contributed by atoms with Gasteiger partial charge in [0.2, 0.25) is 0 Å². The molecule has 1 atom stereocenters. The fourth-order valence-corrected chi connectivity index (χ4v) is 1.59. The Hall–Kier alpha value is -1.79. The van der Waals surface area contributed by atoms with Crippen molar-refractivity contribution in [3.05, 3.63) is 23.8 Å². The van der Waals surface area contributed by atoms with E-state index >= 15 is 0 Å². The number of hydrogen-bond acceptors (Lipinski definition) is 5. The van der Waals surface area contributed by atoms with Gasteiger partial charge in [0.15, 0.2) is 17.6 Å². The van der Waals surface area contributed by atoms with Crippen LogP contribution in [0.25, 0.3) is 0 Å². The van der Waals surface area contributed by atoms with Crippen LogP contribution in [0.3, 0.4) is 0 Å². The fourth-order valence-electron chi connectivity index (χ4n) is 1.59. The summed E-state index contributed by atoms with van der Waals surface area (Å²) in [5.41, 5.74) is 1.04. The van der Waals surface area contributed by atoms with Crippen LogP contribution in [-0.2, 0) is 11.2 Å². The molecule has 1 aromatic rings. The lowest BCUT2D eigenvalue weighted by Crippen LogP contribution is -2.33. The highest BCUT2D eigenvalue weighted by atomic mass is 16.5. The maximum Gasteiger partial charge on any atom is 0.333 e. The van der Waals surface area contributed by atoms with Crippen LogP contribution >= 0.6 is 0 Å². The first-order valence-corrected chi connectivity index (χ1v) is 5.91. The molecule has 0 saturated carbocycles. The van der Waals surface area contributed by atoms with Gasteiger partial charge in [-0.25, -0.2) is 4.79 Å². The number of carboxylic acid groups (broad SMARTS) is 1. The number of aliphatic hydroxyl groups is 1. The average molecular weight is 269 g/mol. The second-order valence-electron chi connectivity index (χ2n) is 4.00. The third-order valence-corrected chi connectivity index (χ3v) is 2.66. The quantitative estimate of drug-likeness (QED) is 0.588. The first-order valence-electron chi connectivity index (χ1n) is 5.91. The highest BCUT2D eigenvalue weighted by Gasteiger charge is 2.11. The number of nitrogens with one attached hydrogen (secondary N) is 1. The molecule has 6 heteroatoms. The molecule has 19 heavy (non-hydrogen) atoms. The molecule has 3 N–H and O–H groups in total. The van der Waals surface area contributed by atoms with Gasteiger partial charge < -0.3 is 25.0 Å². The number of aliphatic hydroxyl groups excluding tert-OH is 1. The van der Waals surface area contributed by atoms with Crippen LogP contribution in [0, 0.1) is 0 Å². The minimum Gasteiger partial charge on any atom is -0.493 e. The summed E-state index contributed by atoms with van der Waals surface area (Å²) in [6.45, 7) is 0.600. The molecule has 0 unspecified atom stereocenters. The summed E-state index contributed by atoms with van der Waals surface area (Å²) in [7, 11) is 3.15.